The van der Waals surface area contributed by atoms with Crippen LogP contribution in [-0.2, 0) is 14.1 Å². The van der Waals surface area contributed by atoms with Gasteiger partial charge < -0.3 is 0 Å². The van der Waals surface area contributed by atoms with Gasteiger partial charge in [-0.15, -0.1) is 9.97 Å². The van der Waals surface area contributed by atoms with Crippen molar-refractivity contribution in [2.24, 2.45) is 14.1 Å². The van der Waals surface area contributed by atoms with E-state index >= 15 is 0 Å². The molecule has 0 atom stereocenters. The molecule has 0 fully saturated rings. The van der Waals surface area contributed by atoms with Crippen molar-refractivity contribution < 1.29 is 9.36 Å². The Morgan fingerprint density at radius 2 is 1.33 bits per heavy atom. The summed E-state index contributed by atoms with van der Waals surface area (Å²) < 4.78 is 3.35. The van der Waals surface area contributed by atoms with Crippen LogP contribution in [-0.4, -0.2) is 27.4 Å². The molecule has 6 nitrogen and oxygen atoms in total. The monoisotopic (exact) mass is 201 g/mol. The predicted octanol–water partition coefficient (Wildman–Crippen LogP) is -3.43. The molecule has 0 aliphatic rings. The van der Waals surface area contributed by atoms with Crippen LogP contribution in [0.2, 0.25) is 0 Å². The zero-order valence-electron chi connectivity index (χ0n) is 8.57. The van der Waals surface area contributed by atoms with E-state index in [0.717, 1.165) is 11.4 Å². The molecule has 0 N–H and O–H groups in total. The van der Waals surface area contributed by atoms with Gasteiger partial charge in [0.1, 0.15) is 12.4 Å². The number of aryl methyl sites for hydroxylation is 2. The molecule has 0 unspecified atom stereocenters. The van der Waals surface area contributed by atoms with Crippen LogP contribution in [0.5, 0.6) is 0 Å². The van der Waals surface area contributed by atoms with Crippen LogP contribution >= 0.6 is 0 Å². The Hall–Kier alpha value is -1.92. The Kier molecular flexibility index (Phi) is 2.62. The first-order chi connectivity index (χ1) is 7.27. The van der Waals surface area contributed by atoms with Crippen LogP contribution in [0.25, 0.3) is 0 Å². The lowest BCUT2D eigenvalue weighted by molar-refractivity contribution is -0.720. The van der Waals surface area contributed by atoms with E-state index in [-0.39, 0.29) is 0 Å². The minimum absolute atomic E-state index is 0.730. The molecule has 0 bridgehead atoms. The number of rotatable bonds is 2. The molecule has 0 saturated carbocycles. The summed E-state index contributed by atoms with van der Waals surface area (Å²) in [4.78, 5) is 8.36. The Labute approximate surface area is 87.9 Å². The van der Waals surface area contributed by atoms with Crippen molar-refractivity contribution in [3.63, 3.8) is 0 Å². The lowest BCUT2D eigenvalue weighted by Crippen LogP contribution is -2.63. The summed E-state index contributed by atoms with van der Waals surface area (Å²) in [5, 5.41) is 8.14. The molecule has 2 aromatic heterocycles. The fourth-order valence-electron chi connectivity index (χ4n) is 1.14. The van der Waals surface area contributed by atoms with Gasteiger partial charge in [-0.2, -0.15) is 9.36 Å². The topological polar surface area (TPSA) is 59.3 Å². The molecule has 2 heterocycles. The van der Waals surface area contributed by atoms with Crippen LogP contribution < -0.4 is 20.8 Å². The van der Waals surface area contributed by atoms with Gasteiger partial charge in [0.25, 0.3) is 0 Å². The zero-order chi connectivity index (χ0) is 10.7. The van der Waals surface area contributed by atoms with E-state index in [4.69, 9.17) is 0 Å². The van der Waals surface area contributed by atoms with Crippen LogP contribution in [0.3, 0.4) is 0 Å². The van der Waals surface area contributed by atoms with Gasteiger partial charge in [-0.05, 0) is 7.28 Å². The zero-order valence-corrected chi connectivity index (χ0v) is 8.57. The highest BCUT2D eigenvalue weighted by atomic mass is 15.3. The normalized spacial score (nSPS) is 10.3. The molecule has 0 aliphatic carbocycles. The van der Waals surface area contributed by atoms with E-state index in [1.54, 1.807) is 34.2 Å². The first-order valence-electron chi connectivity index (χ1n) is 4.47. The largest absolute Gasteiger partial charge is 0.182 e. The summed E-state index contributed by atoms with van der Waals surface area (Å²) in [5.74, 6) is 0. The molecular formula is C8H10BN6+. The minimum atomic E-state index is 0.730. The van der Waals surface area contributed by atoms with E-state index in [0.29, 0.717) is 0 Å². The Balaban J connectivity index is 2.30. The van der Waals surface area contributed by atoms with E-state index in [1.807, 2.05) is 21.4 Å². The average molecular weight is 201 g/mol. The predicted molar refractivity (Wildman–Crippen MR) is 51.4 cm³/mol. The standard InChI is InChI=1S/C8H10BN6/c1-14-7(10-3-5-12-14)9-8-11-4-6-13-15(8)2/h3-6H,1-2H3/q+1. The van der Waals surface area contributed by atoms with E-state index < -0.39 is 0 Å². The lowest BCUT2D eigenvalue weighted by atomic mass is 9.76. The van der Waals surface area contributed by atoms with Gasteiger partial charge >= 0.3 is 0 Å². The Morgan fingerprint density at radius 1 is 0.867 bits per heavy atom. The second kappa shape index (κ2) is 4.08. The average Bonchev–Trinajstić information content (AvgIpc) is 2.24. The third kappa shape index (κ3) is 2.12. The fourth-order valence-corrected chi connectivity index (χ4v) is 1.14. The summed E-state index contributed by atoms with van der Waals surface area (Å²) in [7, 11) is 5.48. The molecule has 0 amide bonds. The number of nitrogens with zero attached hydrogens (tertiary/aromatic N) is 6. The van der Waals surface area contributed by atoms with Crippen molar-refractivity contribution in [3.05, 3.63) is 24.8 Å². The van der Waals surface area contributed by atoms with Crippen LogP contribution in [0.1, 0.15) is 0 Å². The molecule has 0 aromatic carbocycles. The van der Waals surface area contributed by atoms with Gasteiger partial charge in [-0.25, -0.2) is 0 Å². The van der Waals surface area contributed by atoms with Gasteiger partial charge in [0.05, 0.1) is 25.5 Å². The molecule has 0 saturated heterocycles. The van der Waals surface area contributed by atoms with E-state index in [9.17, 15) is 0 Å². The maximum Gasteiger partial charge on any atom is 0.157 e. The molecule has 0 aliphatic heterocycles. The number of hydrogen-bond donors (Lipinski definition) is 0. The number of aromatic nitrogens is 6. The number of hydrogen-bond acceptors (Lipinski definition) is 4. The molecule has 7 heteroatoms. The van der Waals surface area contributed by atoms with Gasteiger partial charge in [0, 0.05) is 0 Å². The Bertz CT molecular complexity index is 431. The van der Waals surface area contributed by atoms with Crippen molar-refractivity contribution in [2.75, 3.05) is 0 Å². The lowest BCUT2D eigenvalue weighted by Gasteiger charge is -2.05. The Morgan fingerprint density at radius 3 is 1.73 bits per heavy atom. The van der Waals surface area contributed by atoms with Gasteiger partial charge in [0.15, 0.2) is 12.4 Å². The summed E-state index contributed by atoms with van der Waals surface area (Å²) in [6, 6.07) is 0. The van der Waals surface area contributed by atoms with E-state index in [1.165, 1.54) is 0 Å². The van der Waals surface area contributed by atoms with Crippen LogP contribution in [0.4, 0.5) is 0 Å². The van der Waals surface area contributed by atoms with Crippen molar-refractivity contribution in [3.8, 4) is 0 Å². The summed E-state index contributed by atoms with van der Waals surface area (Å²) in [6.45, 7) is 0. The first kappa shape index (κ1) is 9.63. The quantitative estimate of drug-likeness (QED) is 0.375. The molecule has 2 aromatic rings. The highest BCUT2D eigenvalue weighted by molar-refractivity contribution is 6.62. The molecule has 2 radical (unpaired) electrons. The first-order valence-corrected chi connectivity index (χ1v) is 4.47. The highest BCUT2D eigenvalue weighted by Crippen LogP contribution is 1.63. The summed E-state index contributed by atoms with van der Waals surface area (Å²) in [5.41, 5.74) is 1.46. The van der Waals surface area contributed by atoms with Crippen molar-refractivity contribution in [1.82, 2.24) is 20.2 Å². The van der Waals surface area contributed by atoms with Crippen LogP contribution in [0, 0.1) is 0 Å². The highest BCUT2D eigenvalue weighted by Gasteiger charge is 2.04. The summed E-state index contributed by atoms with van der Waals surface area (Å²) >= 11 is 0. The van der Waals surface area contributed by atoms with Gasteiger partial charge in [0.2, 0.25) is 0 Å². The van der Waals surface area contributed by atoms with Gasteiger partial charge in [-0.3, -0.25) is 0 Å². The smallest absolute Gasteiger partial charge is 0.157 e. The molecular weight excluding hydrogens is 191 g/mol. The third-order valence-corrected chi connectivity index (χ3v) is 1.95. The molecule has 74 valence electrons. The SMILES string of the molecule is C[n+]1nccnc1[B-]c1nccn[n+]1C. The second-order valence-electron chi connectivity index (χ2n) is 2.99. The third-order valence-electron chi connectivity index (χ3n) is 1.95. The molecule has 15 heavy (non-hydrogen) atoms. The molecule has 0 spiro atoms. The second-order valence-corrected chi connectivity index (χ2v) is 2.99. The van der Waals surface area contributed by atoms with Crippen molar-refractivity contribution >= 4 is 18.7 Å². The minimum Gasteiger partial charge on any atom is -0.182 e. The van der Waals surface area contributed by atoms with Gasteiger partial charge in [-0.1, -0.05) is 10.2 Å². The summed E-state index contributed by atoms with van der Waals surface area (Å²) in [6.07, 6.45) is 6.55. The van der Waals surface area contributed by atoms with Crippen molar-refractivity contribution in [2.45, 2.75) is 0 Å². The van der Waals surface area contributed by atoms with Crippen molar-refractivity contribution in [1.29, 1.82) is 0 Å². The fraction of sp³-hybridized carbons (Fsp3) is 0.250. The maximum atomic E-state index is 4.18. The van der Waals surface area contributed by atoms with Crippen LogP contribution in [0.15, 0.2) is 24.8 Å². The van der Waals surface area contributed by atoms with E-state index in [2.05, 4.69) is 20.2 Å². The molecule has 2 rings (SSSR count). The maximum absolute atomic E-state index is 4.18.